The largest absolute Gasteiger partial charge is 0.317 e. The van der Waals surface area contributed by atoms with Gasteiger partial charge in [0.2, 0.25) is 0 Å². The molecule has 1 aromatic heterocycles. The fraction of sp³-hybridized carbons (Fsp3) is 0.294. The molecule has 1 amide bonds. The third kappa shape index (κ3) is 5.39. The highest BCUT2D eigenvalue weighted by Crippen LogP contribution is 2.26. The summed E-state index contributed by atoms with van der Waals surface area (Å²) in [6.45, 7) is 2.32. The number of hydrogen-bond acceptors (Lipinski definition) is 7. The van der Waals surface area contributed by atoms with E-state index in [1.807, 2.05) is 0 Å². The van der Waals surface area contributed by atoms with Crippen LogP contribution in [0, 0.1) is 22.5 Å². The smallest absolute Gasteiger partial charge is 0.313 e. The summed E-state index contributed by atoms with van der Waals surface area (Å²) < 4.78 is 27.8. The van der Waals surface area contributed by atoms with Crippen molar-refractivity contribution in [1.82, 2.24) is 4.98 Å². The molecule has 0 bridgehead atoms. The number of pyridine rings is 1. The average Bonchev–Trinajstić information content (AvgIpc) is 2.65. The summed E-state index contributed by atoms with van der Waals surface area (Å²) >= 11 is 0. The lowest BCUT2D eigenvalue weighted by atomic mass is 9.84. The van der Waals surface area contributed by atoms with Crippen LogP contribution in [-0.2, 0) is 26.1 Å². The van der Waals surface area contributed by atoms with Gasteiger partial charge in [0.15, 0.2) is 5.03 Å². The number of hydrogen-bond donors (Lipinski definition) is 0. The molecule has 1 aromatic carbocycles. The Morgan fingerprint density at radius 1 is 1.25 bits per heavy atom. The highest BCUT2D eigenvalue weighted by atomic mass is 32.2. The fourth-order valence-electron chi connectivity index (χ4n) is 2.42. The van der Waals surface area contributed by atoms with Gasteiger partial charge in [-0.25, -0.2) is 4.98 Å². The fourth-order valence-corrected chi connectivity index (χ4v) is 3.35. The Hall–Kier alpha value is -3.21. The second-order valence-corrected chi connectivity index (χ2v) is 7.81. The van der Waals surface area contributed by atoms with Crippen LogP contribution < -0.4 is 0 Å². The molecule has 0 spiro atoms. The van der Waals surface area contributed by atoms with Gasteiger partial charge in [-0.2, -0.15) is 8.42 Å². The van der Waals surface area contributed by atoms with Crippen LogP contribution in [0.2, 0.25) is 0 Å². The Morgan fingerprint density at radius 3 is 2.54 bits per heavy atom. The van der Waals surface area contributed by atoms with E-state index in [1.54, 1.807) is 36.4 Å². The normalized spacial score (nSPS) is 13.8. The Balaban J connectivity index is 2.30. The lowest BCUT2D eigenvalue weighted by Crippen LogP contribution is -2.35. The van der Waals surface area contributed by atoms with Gasteiger partial charge in [0.25, 0.3) is 11.0 Å². The summed E-state index contributed by atoms with van der Waals surface area (Å²) in [5, 5.41) is 12.5. The van der Waals surface area contributed by atoms with E-state index in [0.717, 1.165) is 0 Å². The van der Waals surface area contributed by atoms with Crippen molar-refractivity contribution >= 4 is 15.9 Å². The number of carbonyl (C=O) groups is 1. The highest BCUT2D eigenvalue weighted by Gasteiger charge is 2.36. The molecule has 0 aliphatic rings. The quantitative estimate of drug-likeness (QED) is 0.372. The maximum absolute atomic E-state index is 12.6. The zero-order chi connectivity index (χ0) is 20.8. The number of aromatic nitrogens is 1. The number of amides is 1. The molecule has 0 aliphatic carbocycles. The molecular formula is C17H18N4O6S. The topological polar surface area (TPSA) is 141 Å². The van der Waals surface area contributed by atoms with Gasteiger partial charge in [-0.15, -0.1) is 10.1 Å². The SMILES string of the molecule is Cc1cccnc1S(=O)(=O)N=NC(=O)C(C)(CO[N+](=O)[O-])Cc1ccccc1. The lowest BCUT2D eigenvalue weighted by molar-refractivity contribution is -0.760. The molecule has 2 rings (SSSR count). The van der Waals surface area contributed by atoms with E-state index in [1.165, 1.54) is 26.1 Å². The summed E-state index contributed by atoms with van der Waals surface area (Å²) in [6.07, 6.45) is 1.32. The standard InChI is InChI=1S/C17H18N4O6S/c1-13-7-6-10-18-15(13)28(25,26)20-19-16(22)17(2,12-27-21(23)24)11-14-8-4-3-5-9-14/h3-10H,11-12H2,1-2H3. The predicted octanol–water partition coefficient (Wildman–Crippen LogP) is 2.51. The molecular weight excluding hydrogens is 388 g/mol. The zero-order valence-corrected chi connectivity index (χ0v) is 16.0. The second kappa shape index (κ2) is 8.65. The molecule has 28 heavy (non-hydrogen) atoms. The zero-order valence-electron chi connectivity index (χ0n) is 15.2. The number of carbonyl (C=O) groups excluding carboxylic acids is 1. The van der Waals surface area contributed by atoms with Crippen LogP contribution in [0.5, 0.6) is 0 Å². The van der Waals surface area contributed by atoms with Crippen LogP contribution in [0.3, 0.4) is 0 Å². The predicted molar refractivity (Wildman–Crippen MR) is 97.2 cm³/mol. The third-order valence-corrected chi connectivity index (χ3v) is 5.10. The van der Waals surface area contributed by atoms with Crippen LogP contribution in [0.1, 0.15) is 18.1 Å². The van der Waals surface area contributed by atoms with Gasteiger partial charge >= 0.3 is 10.0 Å². The Labute approximate surface area is 161 Å². The van der Waals surface area contributed by atoms with Crippen LogP contribution in [0.15, 0.2) is 63.3 Å². The van der Waals surface area contributed by atoms with Gasteiger partial charge < -0.3 is 4.84 Å². The molecule has 0 saturated carbocycles. The molecule has 2 aromatic rings. The molecule has 0 radical (unpaired) electrons. The van der Waals surface area contributed by atoms with Crippen molar-refractivity contribution in [2.75, 3.05) is 6.61 Å². The van der Waals surface area contributed by atoms with Crippen LogP contribution in [0.25, 0.3) is 0 Å². The first-order valence-corrected chi connectivity index (χ1v) is 9.53. The first-order valence-electron chi connectivity index (χ1n) is 8.09. The third-order valence-electron chi connectivity index (χ3n) is 3.89. The first kappa shape index (κ1) is 21.1. The molecule has 10 nitrogen and oxygen atoms in total. The van der Waals surface area contributed by atoms with Gasteiger partial charge in [-0.1, -0.05) is 41.5 Å². The molecule has 1 atom stereocenters. The van der Waals surface area contributed by atoms with Crippen molar-refractivity contribution in [2.24, 2.45) is 15.0 Å². The maximum atomic E-state index is 12.6. The number of benzene rings is 1. The van der Waals surface area contributed by atoms with E-state index in [-0.39, 0.29) is 11.4 Å². The van der Waals surface area contributed by atoms with Gasteiger partial charge in [-0.3, -0.25) is 4.79 Å². The van der Waals surface area contributed by atoms with Crippen molar-refractivity contribution in [1.29, 1.82) is 0 Å². The maximum Gasteiger partial charge on any atom is 0.317 e. The average molecular weight is 406 g/mol. The van der Waals surface area contributed by atoms with Gasteiger partial charge in [0.1, 0.15) is 6.61 Å². The lowest BCUT2D eigenvalue weighted by Gasteiger charge is -2.24. The van der Waals surface area contributed by atoms with Crippen molar-refractivity contribution in [2.45, 2.75) is 25.3 Å². The van der Waals surface area contributed by atoms with E-state index in [9.17, 15) is 23.3 Å². The van der Waals surface area contributed by atoms with E-state index < -0.39 is 33.0 Å². The summed E-state index contributed by atoms with van der Waals surface area (Å²) in [4.78, 5) is 31.3. The first-order chi connectivity index (χ1) is 13.1. The van der Waals surface area contributed by atoms with Gasteiger partial charge in [-0.05, 0) is 42.0 Å². The summed E-state index contributed by atoms with van der Waals surface area (Å²) in [6, 6.07) is 11.8. The number of rotatable bonds is 8. The Bertz CT molecular complexity index is 994. The molecule has 1 heterocycles. The summed E-state index contributed by atoms with van der Waals surface area (Å²) in [7, 11) is -4.30. The van der Waals surface area contributed by atoms with E-state index in [0.29, 0.717) is 11.1 Å². The van der Waals surface area contributed by atoms with E-state index in [4.69, 9.17) is 0 Å². The molecule has 148 valence electrons. The molecule has 0 saturated heterocycles. The van der Waals surface area contributed by atoms with Gasteiger partial charge in [0, 0.05) is 6.20 Å². The summed E-state index contributed by atoms with van der Waals surface area (Å²) in [5.41, 5.74) is -0.450. The molecule has 0 aliphatic heterocycles. The Kier molecular flexibility index (Phi) is 6.52. The van der Waals surface area contributed by atoms with Crippen LogP contribution in [0.4, 0.5) is 0 Å². The number of nitrogens with zero attached hydrogens (tertiary/aromatic N) is 4. The molecule has 0 fully saturated rings. The molecule has 11 heteroatoms. The van der Waals surface area contributed by atoms with E-state index in [2.05, 4.69) is 19.5 Å². The minimum absolute atomic E-state index is 0.0438. The van der Waals surface area contributed by atoms with Crippen molar-refractivity contribution in [3.63, 3.8) is 0 Å². The monoisotopic (exact) mass is 406 g/mol. The van der Waals surface area contributed by atoms with Crippen LogP contribution >= 0.6 is 0 Å². The number of sulfonamides is 1. The van der Waals surface area contributed by atoms with E-state index >= 15 is 0 Å². The number of aryl methyl sites for hydroxylation is 1. The van der Waals surface area contributed by atoms with Gasteiger partial charge in [0.05, 0.1) is 5.41 Å². The minimum Gasteiger partial charge on any atom is -0.313 e. The highest BCUT2D eigenvalue weighted by molar-refractivity contribution is 7.89. The Morgan fingerprint density at radius 2 is 1.93 bits per heavy atom. The van der Waals surface area contributed by atoms with Crippen molar-refractivity contribution < 1.29 is 23.1 Å². The minimum atomic E-state index is -4.30. The van der Waals surface area contributed by atoms with Crippen molar-refractivity contribution in [3.8, 4) is 0 Å². The van der Waals surface area contributed by atoms with Crippen molar-refractivity contribution in [3.05, 3.63) is 69.9 Å². The molecule has 0 N–H and O–H groups in total. The van der Waals surface area contributed by atoms with Crippen LogP contribution in [-0.4, -0.2) is 31.0 Å². The second-order valence-electron chi connectivity index (χ2n) is 6.31. The molecule has 1 unspecified atom stereocenters. The summed E-state index contributed by atoms with van der Waals surface area (Å²) in [5.74, 6) is -0.963.